The molecule has 0 spiro atoms. The van der Waals surface area contributed by atoms with Gasteiger partial charge in [-0.25, -0.2) is 15.0 Å². The third-order valence-corrected chi connectivity index (χ3v) is 12.0. The van der Waals surface area contributed by atoms with E-state index < -0.39 is 30.2 Å². The molecule has 0 aliphatic carbocycles. The highest BCUT2D eigenvalue weighted by Gasteiger charge is 2.20. The van der Waals surface area contributed by atoms with E-state index in [0.29, 0.717) is 27.9 Å². The number of furan rings is 2. The molecule has 6 heteroatoms. The van der Waals surface area contributed by atoms with E-state index in [9.17, 15) is 0 Å². The summed E-state index contributed by atoms with van der Waals surface area (Å²) in [6.07, 6.45) is 0. The van der Waals surface area contributed by atoms with Crippen LogP contribution in [0.25, 0.3) is 128 Å². The normalized spacial score (nSPS) is 12.9. The molecule has 13 aromatic rings. The van der Waals surface area contributed by atoms with Crippen LogP contribution in [0.2, 0.25) is 0 Å². The Bertz CT molecular complexity index is 4190. The van der Waals surface area contributed by atoms with Crippen molar-refractivity contribution < 1.29 is 15.7 Å². The van der Waals surface area contributed by atoms with Gasteiger partial charge in [0.05, 0.1) is 17.9 Å². The molecule has 0 fully saturated rings. The number of aromatic nitrogens is 4. The summed E-state index contributed by atoms with van der Waals surface area (Å²) >= 11 is 0. The molecular weight excluding hydrogens is 773 g/mol. The van der Waals surface area contributed by atoms with Crippen molar-refractivity contribution in [3.05, 3.63) is 206 Å². The van der Waals surface area contributed by atoms with Crippen LogP contribution < -0.4 is 0 Å². The molecule has 9 aromatic carbocycles. The fraction of sp³-hybridized carbons (Fsp3) is 0. The smallest absolute Gasteiger partial charge is 0.164 e. The molecule has 0 atom stereocenters. The largest absolute Gasteiger partial charge is 0.456 e. The van der Waals surface area contributed by atoms with Crippen LogP contribution in [0.15, 0.2) is 215 Å². The van der Waals surface area contributed by atoms with Crippen LogP contribution in [0.3, 0.4) is 0 Å². The maximum Gasteiger partial charge on any atom is 0.164 e. The van der Waals surface area contributed by atoms with Gasteiger partial charge in [-0.2, -0.15) is 0 Å². The zero-order valence-corrected chi connectivity index (χ0v) is 33.3. The lowest BCUT2D eigenvalue weighted by molar-refractivity contribution is 0.668. The van der Waals surface area contributed by atoms with Crippen molar-refractivity contribution in [1.29, 1.82) is 0 Å². The summed E-state index contributed by atoms with van der Waals surface area (Å²) in [7, 11) is 0. The second-order valence-corrected chi connectivity index (χ2v) is 15.6. The van der Waals surface area contributed by atoms with Gasteiger partial charge < -0.3 is 13.4 Å². The molecule has 0 saturated carbocycles. The fourth-order valence-electron chi connectivity index (χ4n) is 9.02. The third kappa shape index (κ3) is 5.76. The minimum atomic E-state index is -0.503. The number of rotatable bonds is 6. The highest BCUT2D eigenvalue weighted by molar-refractivity contribution is 6.14. The second-order valence-electron chi connectivity index (χ2n) is 15.6. The molecule has 0 aliphatic heterocycles. The van der Waals surface area contributed by atoms with E-state index in [1.165, 1.54) is 11.1 Å². The molecule has 0 bridgehead atoms. The van der Waals surface area contributed by atoms with Crippen LogP contribution in [-0.4, -0.2) is 19.5 Å². The second kappa shape index (κ2) is 14.0. The average molecular weight is 812 g/mol. The number of fused-ring (bicyclic) bond motifs is 9. The van der Waals surface area contributed by atoms with Crippen molar-refractivity contribution in [2.45, 2.75) is 0 Å². The van der Waals surface area contributed by atoms with Gasteiger partial charge in [0, 0.05) is 54.7 Å². The van der Waals surface area contributed by atoms with Crippen molar-refractivity contribution in [2.75, 3.05) is 0 Å². The highest BCUT2D eigenvalue weighted by atomic mass is 16.3. The molecule has 4 heterocycles. The SMILES string of the molecule is [2H]c1c([2H])c([2H])c(-c2nc(-c3ccc4c(c3)oc3ccccc34)nc(-c3cccc4oc5ccc(-n6c7ccccc7c7cc(-c8ccc(-c9ccccc9)cc8)ccc76)cc5c34)n2)c([2H])c1[2H]. The van der Waals surface area contributed by atoms with Gasteiger partial charge in [-0.05, 0) is 82.9 Å². The summed E-state index contributed by atoms with van der Waals surface area (Å²) in [5, 5.41) is 5.72. The standard InChI is InChI=1S/C57H34N4O2/c1-3-12-35(13-4-1)36-22-24-37(25-23-36)39-27-30-49-46(32-39)42-16-7-9-19-48(42)61(49)41-28-31-51-47(34-41)54-45(18-11-21-52(54)62-51)57-59-55(38-14-5-2-6-15-38)58-56(60-57)40-26-29-44-43-17-8-10-20-50(43)63-53(44)33-40/h1-34H/i2D,5D,6D,14D,15D. The molecule has 0 unspecified atom stereocenters. The van der Waals surface area contributed by atoms with Gasteiger partial charge in [0.25, 0.3) is 0 Å². The first-order valence-corrected chi connectivity index (χ1v) is 20.7. The summed E-state index contributed by atoms with van der Waals surface area (Å²) in [6.45, 7) is 0. The summed E-state index contributed by atoms with van der Waals surface area (Å²) in [4.78, 5) is 14.8. The highest BCUT2D eigenvalue weighted by Crippen LogP contribution is 2.41. The van der Waals surface area contributed by atoms with E-state index in [4.69, 9.17) is 30.6 Å². The Labute approximate surface area is 368 Å². The van der Waals surface area contributed by atoms with E-state index >= 15 is 0 Å². The van der Waals surface area contributed by atoms with Gasteiger partial charge in [-0.15, -0.1) is 0 Å². The van der Waals surface area contributed by atoms with Gasteiger partial charge in [-0.3, -0.25) is 0 Å². The zero-order valence-electron chi connectivity index (χ0n) is 38.3. The van der Waals surface area contributed by atoms with Gasteiger partial charge in [0.2, 0.25) is 0 Å². The van der Waals surface area contributed by atoms with Gasteiger partial charge in [0.1, 0.15) is 22.3 Å². The fourth-order valence-corrected chi connectivity index (χ4v) is 9.02. The number of para-hydroxylation sites is 2. The minimum Gasteiger partial charge on any atom is -0.456 e. The van der Waals surface area contributed by atoms with Crippen molar-refractivity contribution in [2.24, 2.45) is 0 Å². The Morgan fingerprint density at radius 2 is 0.984 bits per heavy atom. The van der Waals surface area contributed by atoms with Crippen LogP contribution >= 0.6 is 0 Å². The lowest BCUT2D eigenvalue weighted by Crippen LogP contribution is -2.00. The maximum atomic E-state index is 8.90. The lowest BCUT2D eigenvalue weighted by atomic mass is 9.99. The Morgan fingerprint density at radius 3 is 1.84 bits per heavy atom. The minimum absolute atomic E-state index is 0.0611. The molecule has 6 nitrogen and oxygen atoms in total. The van der Waals surface area contributed by atoms with Gasteiger partial charge >= 0.3 is 0 Å². The monoisotopic (exact) mass is 811 g/mol. The summed E-state index contributed by atoms with van der Waals surface area (Å²) in [6, 6.07) is 57.2. The van der Waals surface area contributed by atoms with E-state index in [0.717, 1.165) is 65.7 Å². The summed E-state index contributed by atoms with van der Waals surface area (Å²) < 4.78 is 58.1. The predicted octanol–water partition coefficient (Wildman–Crippen LogP) is 15.1. The van der Waals surface area contributed by atoms with E-state index in [-0.39, 0.29) is 23.0 Å². The molecule has 0 N–H and O–H groups in total. The Morgan fingerprint density at radius 1 is 0.365 bits per heavy atom. The molecule has 13 rings (SSSR count). The van der Waals surface area contributed by atoms with Gasteiger partial charge in [0.15, 0.2) is 17.5 Å². The van der Waals surface area contributed by atoms with Crippen molar-refractivity contribution in [1.82, 2.24) is 19.5 Å². The van der Waals surface area contributed by atoms with Crippen LogP contribution in [0.4, 0.5) is 0 Å². The van der Waals surface area contributed by atoms with Crippen LogP contribution in [-0.2, 0) is 0 Å². The Hall–Kier alpha value is -8.61. The van der Waals surface area contributed by atoms with E-state index in [1.54, 1.807) is 0 Å². The maximum absolute atomic E-state index is 8.90. The van der Waals surface area contributed by atoms with E-state index in [2.05, 4.69) is 108 Å². The van der Waals surface area contributed by atoms with Crippen LogP contribution in [0.5, 0.6) is 0 Å². The first kappa shape index (κ1) is 30.4. The summed E-state index contributed by atoms with van der Waals surface area (Å²) in [5.41, 5.74) is 11.4. The first-order chi connectivity index (χ1) is 33.3. The average Bonchev–Trinajstić information content (AvgIpc) is 4.06. The van der Waals surface area contributed by atoms with Crippen molar-refractivity contribution in [3.63, 3.8) is 0 Å². The number of nitrogens with zero attached hydrogens (tertiary/aromatic N) is 4. The number of benzene rings is 9. The van der Waals surface area contributed by atoms with Crippen LogP contribution in [0.1, 0.15) is 6.85 Å². The molecule has 294 valence electrons. The first-order valence-electron chi connectivity index (χ1n) is 23.2. The van der Waals surface area contributed by atoms with Crippen molar-refractivity contribution >= 4 is 65.7 Å². The Kier molecular flexibility index (Phi) is 6.75. The van der Waals surface area contributed by atoms with E-state index in [1.807, 2.05) is 72.8 Å². The van der Waals surface area contributed by atoms with Gasteiger partial charge in [-0.1, -0.05) is 145 Å². The van der Waals surface area contributed by atoms with Crippen molar-refractivity contribution in [3.8, 4) is 62.1 Å². The Balaban J connectivity index is 0.987. The quantitative estimate of drug-likeness (QED) is 0.167. The third-order valence-electron chi connectivity index (χ3n) is 12.0. The molecule has 0 saturated heterocycles. The lowest BCUT2D eigenvalue weighted by Gasteiger charge is -2.10. The molecule has 0 amide bonds. The molecule has 4 aromatic heterocycles. The molecule has 0 radical (unpaired) electrons. The zero-order chi connectivity index (χ0) is 45.8. The molecule has 63 heavy (non-hydrogen) atoms. The number of hydrogen-bond donors (Lipinski definition) is 0. The predicted molar refractivity (Wildman–Crippen MR) is 256 cm³/mol. The van der Waals surface area contributed by atoms with Crippen LogP contribution in [0, 0.1) is 0 Å². The summed E-state index contributed by atoms with van der Waals surface area (Å²) in [5.74, 6) is 0.414. The molecule has 0 aliphatic rings. The number of hydrogen-bond acceptors (Lipinski definition) is 5. The molecular formula is C57H34N4O2. The topological polar surface area (TPSA) is 69.9 Å².